The molecule has 16 heavy (non-hydrogen) atoms. The fourth-order valence-electron chi connectivity index (χ4n) is 4.46. The van der Waals surface area contributed by atoms with Crippen LogP contribution >= 0.6 is 0 Å². The van der Waals surface area contributed by atoms with E-state index in [1.807, 2.05) is 0 Å². The Bertz CT molecular complexity index is 312. The molecule has 0 aromatic carbocycles. The van der Waals surface area contributed by atoms with Crippen LogP contribution in [0, 0.1) is 11.8 Å². The molecule has 2 nitrogen and oxygen atoms in total. The second-order valence-corrected chi connectivity index (χ2v) is 6.15. The van der Waals surface area contributed by atoms with Gasteiger partial charge in [-0.2, -0.15) is 0 Å². The van der Waals surface area contributed by atoms with Crippen LogP contribution in [-0.4, -0.2) is 36.1 Å². The zero-order valence-electron chi connectivity index (χ0n) is 9.94. The number of fused-ring (bicyclic) bond motifs is 2. The molecule has 2 saturated heterocycles. The summed E-state index contributed by atoms with van der Waals surface area (Å²) in [5.41, 5.74) is 0. The predicted molar refractivity (Wildman–Crippen MR) is 65.3 cm³/mol. The van der Waals surface area contributed by atoms with Gasteiger partial charge in [-0.05, 0) is 50.5 Å². The predicted octanol–water partition coefficient (Wildman–Crippen LogP) is 1.78. The summed E-state index contributed by atoms with van der Waals surface area (Å²) in [5.74, 6) is 1.88. The molecule has 0 spiro atoms. The SMILES string of the molecule is C1=CC2C(C1)CC2NC1CCN2CCCC12. The summed E-state index contributed by atoms with van der Waals surface area (Å²) in [5, 5.41) is 3.97. The summed E-state index contributed by atoms with van der Waals surface area (Å²) in [6.45, 7) is 2.71. The summed E-state index contributed by atoms with van der Waals surface area (Å²) in [4.78, 5) is 2.71. The van der Waals surface area contributed by atoms with Crippen molar-refractivity contribution in [2.45, 2.75) is 50.2 Å². The molecule has 0 radical (unpaired) electrons. The van der Waals surface area contributed by atoms with Crippen LogP contribution in [0.4, 0.5) is 0 Å². The quantitative estimate of drug-likeness (QED) is 0.711. The first kappa shape index (κ1) is 9.67. The van der Waals surface area contributed by atoms with Crippen LogP contribution in [0.15, 0.2) is 12.2 Å². The molecule has 1 saturated carbocycles. The minimum absolute atomic E-state index is 0.808. The van der Waals surface area contributed by atoms with Gasteiger partial charge in [-0.3, -0.25) is 4.90 Å². The highest BCUT2D eigenvalue weighted by Crippen LogP contribution is 2.43. The monoisotopic (exact) mass is 218 g/mol. The lowest BCUT2D eigenvalue weighted by atomic mass is 9.71. The van der Waals surface area contributed by atoms with Crippen molar-refractivity contribution >= 4 is 0 Å². The van der Waals surface area contributed by atoms with Crippen LogP contribution in [0.3, 0.4) is 0 Å². The van der Waals surface area contributed by atoms with E-state index in [1.165, 1.54) is 45.2 Å². The summed E-state index contributed by atoms with van der Waals surface area (Å²) in [6.07, 6.45) is 11.9. The molecular weight excluding hydrogens is 196 g/mol. The fraction of sp³-hybridized carbons (Fsp3) is 0.857. The Morgan fingerprint density at radius 3 is 3.06 bits per heavy atom. The topological polar surface area (TPSA) is 15.3 Å². The van der Waals surface area contributed by atoms with E-state index >= 15 is 0 Å². The summed E-state index contributed by atoms with van der Waals surface area (Å²) >= 11 is 0. The van der Waals surface area contributed by atoms with Gasteiger partial charge >= 0.3 is 0 Å². The maximum Gasteiger partial charge on any atom is 0.0250 e. The van der Waals surface area contributed by atoms with Crippen molar-refractivity contribution in [2.24, 2.45) is 11.8 Å². The molecule has 4 rings (SSSR count). The van der Waals surface area contributed by atoms with E-state index in [1.54, 1.807) is 0 Å². The van der Waals surface area contributed by atoms with Crippen LogP contribution in [0.2, 0.25) is 0 Å². The number of allylic oxidation sites excluding steroid dienone is 1. The number of nitrogens with zero attached hydrogens (tertiary/aromatic N) is 1. The Kier molecular flexibility index (Phi) is 2.16. The van der Waals surface area contributed by atoms with Crippen molar-refractivity contribution in [1.82, 2.24) is 10.2 Å². The highest BCUT2D eigenvalue weighted by molar-refractivity contribution is 5.14. The molecule has 1 N–H and O–H groups in total. The number of nitrogens with one attached hydrogen (secondary N) is 1. The van der Waals surface area contributed by atoms with Crippen LogP contribution in [-0.2, 0) is 0 Å². The normalized spacial score (nSPS) is 50.4. The van der Waals surface area contributed by atoms with Gasteiger partial charge in [-0.25, -0.2) is 0 Å². The maximum atomic E-state index is 3.97. The largest absolute Gasteiger partial charge is 0.309 e. The van der Waals surface area contributed by atoms with Crippen LogP contribution in [0.1, 0.15) is 32.1 Å². The van der Waals surface area contributed by atoms with Gasteiger partial charge in [0.15, 0.2) is 0 Å². The highest BCUT2D eigenvalue weighted by Gasteiger charge is 2.44. The van der Waals surface area contributed by atoms with Gasteiger partial charge in [0, 0.05) is 24.7 Å². The van der Waals surface area contributed by atoms with Gasteiger partial charge in [0.1, 0.15) is 0 Å². The van der Waals surface area contributed by atoms with Gasteiger partial charge in [-0.1, -0.05) is 12.2 Å². The standard InChI is InChI=1S/C14H22N2/c1-3-10-9-13(11(10)4-1)15-12-6-8-16-7-2-5-14(12)16/h1,4,10-15H,2-3,5-9H2. The molecule has 2 heterocycles. The van der Waals surface area contributed by atoms with E-state index in [9.17, 15) is 0 Å². The first-order chi connectivity index (χ1) is 7.92. The smallest absolute Gasteiger partial charge is 0.0250 e. The molecule has 0 amide bonds. The molecule has 0 bridgehead atoms. The molecule has 88 valence electrons. The van der Waals surface area contributed by atoms with E-state index in [0.29, 0.717) is 0 Å². The summed E-state index contributed by atoms with van der Waals surface area (Å²) < 4.78 is 0. The van der Waals surface area contributed by atoms with Crippen LogP contribution < -0.4 is 5.32 Å². The molecule has 2 aliphatic heterocycles. The zero-order chi connectivity index (χ0) is 10.5. The lowest BCUT2D eigenvalue weighted by molar-refractivity contribution is 0.142. The van der Waals surface area contributed by atoms with Gasteiger partial charge in [0.05, 0.1) is 0 Å². The lowest BCUT2D eigenvalue weighted by Gasteiger charge is -2.43. The average molecular weight is 218 g/mol. The van der Waals surface area contributed by atoms with Gasteiger partial charge in [0.25, 0.3) is 0 Å². The molecule has 5 unspecified atom stereocenters. The van der Waals surface area contributed by atoms with Crippen molar-refractivity contribution in [2.75, 3.05) is 13.1 Å². The molecule has 0 aromatic rings. The molecule has 0 aromatic heterocycles. The number of hydrogen-bond donors (Lipinski definition) is 1. The third-order valence-corrected chi connectivity index (χ3v) is 5.40. The van der Waals surface area contributed by atoms with Crippen molar-refractivity contribution in [3.05, 3.63) is 12.2 Å². The van der Waals surface area contributed by atoms with Gasteiger partial charge in [-0.15, -0.1) is 0 Å². The Morgan fingerprint density at radius 1 is 1.12 bits per heavy atom. The van der Waals surface area contributed by atoms with E-state index < -0.39 is 0 Å². The van der Waals surface area contributed by atoms with E-state index in [0.717, 1.165) is 30.0 Å². The minimum atomic E-state index is 0.808. The number of hydrogen-bond acceptors (Lipinski definition) is 2. The van der Waals surface area contributed by atoms with E-state index in [-0.39, 0.29) is 0 Å². The third kappa shape index (κ3) is 1.32. The zero-order valence-corrected chi connectivity index (χ0v) is 9.94. The van der Waals surface area contributed by atoms with Crippen molar-refractivity contribution in [3.8, 4) is 0 Å². The maximum absolute atomic E-state index is 3.97. The lowest BCUT2D eigenvalue weighted by Crippen LogP contribution is -2.54. The molecular formula is C14H22N2. The Hall–Kier alpha value is -0.340. The summed E-state index contributed by atoms with van der Waals surface area (Å²) in [7, 11) is 0. The summed E-state index contributed by atoms with van der Waals surface area (Å²) in [6, 6.07) is 2.50. The molecule has 2 heteroatoms. The van der Waals surface area contributed by atoms with Crippen LogP contribution in [0.25, 0.3) is 0 Å². The minimum Gasteiger partial charge on any atom is -0.309 e. The molecule has 2 aliphatic carbocycles. The molecule has 3 fully saturated rings. The van der Waals surface area contributed by atoms with Crippen molar-refractivity contribution < 1.29 is 0 Å². The Balaban J connectivity index is 1.39. The van der Waals surface area contributed by atoms with E-state index in [2.05, 4.69) is 22.4 Å². The van der Waals surface area contributed by atoms with Crippen molar-refractivity contribution in [3.63, 3.8) is 0 Å². The second-order valence-electron chi connectivity index (χ2n) is 6.15. The highest BCUT2D eigenvalue weighted by atomic mass is 15.2. The number of rotatable bonds is 2. The first-order valence-electron chi connectivity index (χ1n) is 7.08. The van der Waals surface area contributed by atoms with Gasteiger partial charge in [0.2, 0.25) is 0 Å². The van der Waals surface area contributed by atoms with E-state index in [4.69, 9.17) is 0 Å². The van der Waals surface area contributed by atoms with Crippen molar-refractivity contribution in [1.29, 1.82) is 0 Å². The Labute approximate surface area is 98.1 Å². The molecule has 4 aliphatic rings. The fourth-order valence-corrected chi connectivity index (χ4v) is 4.46. The first-order valence-corrected chi connectivity index (χ1v) is 7.08. The Morgan fingerprint density at radius 2 is 2.12 bits per heavy atom. The van der Waals surface area contributed by atoms with Gasteiger partial charge < -0.3 is 5.32 Å². The second kappa shape index (κ2) is 3.58. The van der Waals surface area contributed by atoms with Crippen LogP contribution in [0.5, 0.6) is 0 Å². The third-order valence-electron chi connectivity index (χ3n) is 5.40. The average Bonchev–Trinajstić information content (AvgIpc) is 2.90. The molecule has 5 atom stereocenters.